The van der Waals surface area contributed by atoms with E-state index in [9.17, 15) is 0 Å². The maximum atomic E-state index is 4.48. The van der Waals surface area contributed by atoms with Crippen LogP contribution < -0.4 is 5.32 Å². The molecule has 94 valence electrons. The zero-order valence-electron chi connectivity index (χ0n) is 11.4. The first-order valence-electron chi connectivity index (χ1n) is 6.19. The molecular weight excluding hydrogens is 222 g/mol. The molecule has 3 heteroatoms. The molecule has 0 amide bonds. The Morgan fingerprint density at radius 1 is 1.06 bits per heavy atom. The fourth-order valence-electron chi connectivity index (χ4n) is 1.82. The quantitative estimate of drug-likeness (QED) is 0.892. The topological polar surface area (TPSA) is 37.8 Å². The van der Waals surface area contributed by atoms with Gasteiger partial charge in [0.1, 0.15) is 5.82 Å². The van der Waals surface area contributed by atoms with Crippen LogP contribution in [0.25, 0.3) is 0 Å². The lowest BCUT2D eigenvalue weighted by Crippen LogP contribution is -2.10. The van der Waals surface area contributed by atoms with E-state index in [4.69, 9.17) is 0 Å². The highest BCUT2D eigenvalue weighted by Crippen LogP contribution is 2.19. The molecule has 2 rings (SSSR count). The number of aryl methyl sites for hydroxylation is 3. The summed E-state index contributed by atoms with van der Waals surface area (Å²) in [5.41, 5.74) is 4.39. The molecule has 0 aliphatic rings. The van der Waals surface area contributed by atoms with Crippen molar-refractivity contribution < 1.29 is 0 Å². The average Bonchev–Trinajstić information content (AvgIpc) is 2.34. The average molecular weight is 241 g/mol. The SMILES string of the molecule is Cc1ccc(C(C)Nc2nc(C)cnc2C)cc1. The largest absolute Gasteiger partial charge is 0.362 e. The van der Waals surface area contributed by atoms with Crippen LogP contribution >= 0.6 is 0 Å². The third kappa shape index (κ3) is 2.86. The lowest BCUT2D eigenvalue weighted by atomic mass is 10.1. The van der Waals surface area contributed by atoms with Crippen LogP contribution in [0.4, 0.5) is 5.82 Å². The van der Waals surface area contributed by atoms with Gasteiger partial charge < -0.3 is 5.32 Å². The van der Waals surface area contributed by atoms with Crippen molar-refractivity contribution in [1.29, 1.82) is 0 Å². The van der Waals surface area contributed by atoms with E-state index in [-0.39, 0.29) is 6.04 Å². The van der Waals surface area contributed by atoms with Gasteiger partial charge in [0.25, 0.3) is 0 Å². The van der Waals surface area contributed by atoms with Crippen molar-refractivity contribution >= 4 is 5.82 Å². The minimum Gasteiger partial charge on any atom is -0.362 e. The van der Waals surface area contributed by atoms with Gasteiger partial charge in [0, 0.05) is 6.20 Å². The van der Waals surface area contributed by atoms with Crippen molar-refractivity contribution in [2.24, 2.45) is 0 Å². The van der Waals surface area contributed by atoms with Crippen LogP contribution in [0.15, 0.2) is 30.5 Å². The first-order valence-corrected chi connectivity index (χ1v) is 6.19. The van der Waals surface area contributed by atoms with Crippen LogP contribution in [0.2, 0.25) is 0 Å². The van der Waals surface area contributed by atoms with E-state index in [0.717, 1.165) is 17.2 Å². The lowest BCUT2D eigenvalue weighted by Gasteiger charge is -2.16. The van der Waals surface area contributed by atoms with E-state index in [1.54, 1.807) is 6.20 Å². The van der Waals surface area contributed by atoms with Crippen molar-refractivity contribution in [3.63, 3.8) is 0 Å². The van der Waals surface area contributed by atoms with Crippen LogP contribution in [0.1, 0.15) is 35.5 Å². The number of nitrogens with zero attached hydrogens (tertiary/aromatic N) is 2. The number of hydrogen-bond acceptors (Lipinski definition) is 3. The number of rotatable bonds is 3. The second-order valence-electron chi connectivity index (χ2n) is 4.72. The van der Waals surface area contributed by atoms with Gasteiger partial charge in [-0.25, -0.2) is 4.98 Å². The van der Waals surface area contributed by atoms with E-state index >= 15 is 0 Å². The Bertz CT molecular complexity index is 532. The van der Waals surface area contributed by atoms with E-state index in [1.807, 2.05) is 13.8 Å². The monoisotopic (exact) mass is 241 g/mol. The summed E-state index contributed by atoms with van der Waals surface area (Å²) >= 11 is 0. The molecule has 0 radical (unpaired) electrons. The molecule has 0 saturated carbocycles. The van der Waals surface area contributed by atoms with Crippen molar-refractivity contribution in [3.8, 4) is 0 Å². The molecule has 1 unspecified atom stereocenters. The van der Waals surface area contributed by atoms with Gasteiger partial charge in [-0.3, -0.25) is 4.98 Å². The second kappa shape index (κ2) is 5.17. The highest BCUT2D eigenvalue weighted by molar-refractivity contribution is 5.42. The molecule has 18 heavy (non-hydrogen) atoms. The number of hydrogen-bond donors (Lipinski definition) is 1. The molecule has 0 aliphatic carbocycles. The van der Waals surface area contributed by atoms with Gasteiger partial charge in [0.15, 0.2) is 0 Å². The van der Waals surface area contributed by atoms with Gasteiger partial charge in [-0.15, -0.1) is 0 Å². The zero-order chi connectivity index (χ0) is 13.1. The molecule has 1 aromatic carbocycles. The molecule has 0 spiro atoms. The summed E-state index contributed by atoms with van der Waals surface area (Å²) in [4.78, 5) is 8.80. The van der Waals surface area contributed by atoms with Crippen LogP contribution in [0.3, 0.4) is 0 Å². The predicted molar refractivity (Wildman–Crippen MR) is 74.7 cm³/mol. The fourth-order valence-corrected chi connectivity index (χ4v) is 1.82. The summed E-state index contributed by atoms with van der Waals surface area (Å²) in [7, 11) is 0. The van der Waals surface area contributed by atoms with Crippen molar-refractivity contribution in [3.05, 3.63) is 53.0 Å². The van der Waals surface area contributed by atoms with Crippen LogP contribution in [-0.2, 0) is 0 Å². The maximum Gasteiger partial charge on any atom is 0.148 e. The van der Waals surface area contributed by atoms with Gasteiger partial charge >= 0.3 is 0 Å². The number of anilines is 1. The molecule has 1 aromatic heterocycles. The Kier molecular flexibility index (Phi) is 3.60. The summed E-state index contributed by atoms with van der Waals surface area (Å²) in [6.45, 7) is 8.15. The molecule has 0 saturated heterocycles. The van der Waals surface area contributed by atoms with Gasteiger partial charge in [0.05, 0.1) is 17.4 Å². The Morgan fingerprint density at radius 2 is 1.72 bits per heavy atom. The van der Waals surface area contributed by atoms with Crippen LogP contribution in [0, 0.1) is 20.8 Å². The Labute approximate surface area is 108 Å². The Hall–Kier alpha value is -1.90. The molecule has 1 N–H and O–H groups in total. The van der Waals surface area contributed by atoms with Crippen LogP contribution in [-0.4, -0.2) is 9.97 Å². The molecule has 2 aromatic rings. The third-order valence-electron chi connectivity index (χ3n) is 3.01. The fraction of sp³-hybridized carbons (Fsp3) is 0.333. The first-order chi connectivity index (χ1) is 8.56. The highest BCUT2D eigenvalue weighted by Gasteiger charge is 2.08. The minimum atomic E-state index is 0.223. The van der Waals surface area contributed by atoms with Gasteiger partial charge in [0.2, 0.25) is 0 Å². The number of benzene rings is 1. The van der Waals surface area contributed by atoms with Gasteiger partial charge in [-0.05, 0) is 33.3 Å². The predicted octanol–water partition coefficient (Wildman–Crippen LogP) is 3.57. The molecule has 0 aliphatic heterocycles. The number of aromatic nitrogens is 2. The van der Waals surface area contributed by atoms with E-state index in [2.05, 4.69) is 53.4 Å². The molecular formula is C15H19N3. The van der Waals surface area contributed by atoms with Crippen LogP contribution in [0.5, 0.6) is 0 Å². The summed E-state index contributed by atoms with van der Waals surface area (Å²) < 4.78 is 0. The third-order valence-corrected chi connectivity index (χ3v) is 3.01. The standard InChI is InChI=1S/C15H19N3/c1-10-5-7-14(8-6-10)12(3)18-15-13(4)16-9-11(2)17-15/h5-9,12H,1-4H3,(H,17,18). The Morgan fingerprint density at radius 3 is 2.39 bits per heavy atom. The van der Waals surface area contributed by atoms with Crippen molar-refractivity contribution in [2.45, 2.75) is 33.7 Å². The number of nitrogens with one attached hydrogen (secondary N) is 1. The minimum absolute atomic E-state index is 0.223. The summed E-state index contributed by atoms with van der Waals surface area (Å²) in [5, 5.41) is 3.41. The summed E-state index contributed by atoms with van der Waals surface area (Å²) in [5.74, 6) is 0.864. The van der Waals surface area contributed by atoms with E-state index in [1.165, 1.54) is 11.1 Å². The summed E-state index contributed by atoms with van der Waals surface area (Å²) in [6, 6.07) is 8.77. The summed E-state index contributed by atoms with van der Waals surface area (Å²) in [6.07, 6.45) is 1.79. The molecule has 3 nitrogen and oxygen atoms in total. The normalized spacial score (nSPS) is 12.2. The van der Waals surface area contributed by atoms with Gasteiger partial charge in [-0.2, -0.15) is 0 Å². The first kappa shape index (κ1) is 12.6. The molecule has 1 heterocycles. The smallest absolute Gasteiger partial charge is 0.148 e. The second-order valence-corrected chi connectivity index (χ2v) is 4.72. The zero-order valence-corrected chi connectivity index (χ0v) is 11.4. The molecule has 1 atom stereocenters. The lowest BCUT2D eigenvalue weighted by molar-refractivity contribution is 0.861. The van der Waals surface area contributed by atoms with E-state index in [0.29, 0.717) is 0 Å². The van der Waals surface area contributed by atoms with E-state index < -0.39 is 0 Å². The highest BCUT2D eigenvalue weighted by atomic mass is 15.0. The molecule has 0 fully saturated rings. The molecule has 0 bridgehead atoms. The van der Waals surface area contributed by atoms with Gasteiger partial charge in [-0.1, -0.05) is 29.8 Å². The van der Waals surface area contributed by atoms with Crippen molar-refractivity contribution in [1.82, 2.24) is 9.97 Å². The maximum absolute atomic E-state index is 4.48. The Balaban J connectivity index is 2.18. The van der Waals surface area contributed by atoms with Crippen molar-refractivity contribution in [2.75, 3.05) is 5.32 Å².